The SMILES string of the molecule is CN(Cc1cccc(Br)c1)c1ccc(CNC2CC2)cn1. The summed E-state index contributed by atoms with van der Waals surface area (Å²) in [5.41, 5.74) is 2.52. The van der Waals surface area contributed by atoms with E-state index in [-0.39, 0.29) is 0 Å². The molecule has 1 heterocycles. The average Bonchev–Trinajstić information content (AvgIpc) is 3.30. The van der Waals surface area contributed by atoms with Crippen LogP contribution in [0.15, 0.2) is 47.1 Å². The highest BCUT2D eigenvalue weighted by Crippen LogP contribution is 2.20. The molecule has 0 amide bonds. The Morgan fingerprint density at radius 1 is 1.24 bits per heavy atom. The smallest absolute Gasteiger partial charge is 0.128 e. The summed E-state index contributed by atoms with van der Waals surface area (Å²) in [6, 6.07) is 13.4. The second-order valence-electron chi connectivity index (χ2n) is 5.67. The molecule has 0 aliphatic heterocycles. The van der Waals surface area contributed by atoms with E-state index in [0.29, 0.717) is 0 Å². The van der Waals surface area contributed by atoms with Gasteiger partial charge in [0.05, 0.1) is 0 Å². The lowest BCUT2D eigenvalue weighted by atomic mass is 10.2. The van der Waals surface area contributed by atoms with Crippen molar-refractivity contribution >= 4 is 21.7 Å². The van der Waals surface area contributed by atoms with Gasteiger partial charge in [-0.2, -0.15) is 0 Å². The largest absolute Gasteiger partial charge is 0.355 e. The van der Waals surface area contributed by atoms with Crippen molar-refractivity contribution in [1.29, 1.82) is 0 Å². The number of nitrogens with one attached hydrogen (secondary N) is 1. The molecule has 3 rings (SSSR count). The first kappa shape index (κ1) is 14.5. The van der Waals surface area contributed by atoms with Gasteiger partial charge in [0.1, 0.15) is 5.82 Å². The van der Waals surface area contributed by atoms with Crippen LogP contribution in [-0.4, -0.2) is 18.1 Å². The molecule has 0 unspecified atom stereocenters. The van der Waals surface area contributed by atoms with Gasteiger partial charge in [-0.1, -0.05) is 34.1 Å². The molecule has 4 heteroatoms. The third-order valence-electron chi connectivity index (χ3n) is 3.68. The topological polar surface area (TPSA) is 28.2 Å². The summed E-state index contributed by atoms with van der Waals surface area (Å²) in [4.78, 5) is 6.74. The van der Waals surface area contributed by atoms with Crippen LogP contribution in [0.25, 0.3) is 0 Å². The van der Waals surface area contributed by atoms with E-state index in [2.05, 4.69) is 68.5 Å². The number of pyridine rings is 1. The molecule has 1 saturated carbocycles. The molecular formula is C17H20BrN3. The Balaban J connectivity index is 1.59. The summed E-state index contributed by atoms with van der Waals surface area (Å²) < 4.78 is 1.11. The molecule has 2 aromatic rings. The molecule has 1 aromatic heterocycles. The fraction of sp³-hybridized carbons (Fsp3) is 0.353. The van der Waals surface area contributed by atoms with Crippen molar-refractivity contribution in [2.75, 3.05) is 11.9 Å². The van der Waals surface area contributed by atoms with Gasteiger partial charge in [-0.05, 0) is 42.2 Å². The fourth-order valence-electron chi connectivity index (χ4n) is 2.29. The number of nitrogens with zero attached hydrogens (tertiary/aromatic N) is 2. The van der Waals surface area contributed by atoms with Crippen molar-refractivity contribution in [3.63, 3.8) is 0 Å². The van der Waals surface area contributed by atoms with Crippen molar-refractivity contribution in [2.24, 2.45) is 0 Å². The van der Waals surface area contributed by atoms with E-state index in [4.69, 9.17) is 0 Å². The number of rotatable bonds is 6. The summed E-state index contributed by atoms with van der Waals surface area (Å²) in [5.74, 6) is 1.00. The maximum absolute atomic E-state index is 4.57. The highest BCUT2D eigenvalue weighted by molar-refractivity contribution is 9.10. The molecule has 110 valence electrons. The summed E-state index contributed by atoms with van der Waals surface area (Å²) in [6.45, 7) is 1.78. The van der Waals surface area contributed by atoms with Gasteiger partial charge in [-0.25, -0.2) is 4.98 Å². The molecule has 1 fully saturated rings. The van der Waals surface area contributed by atoms with Crippen LogP contribution in [0.4, 0.5) is 5.82 Å². The normalized spacial score (nSPS) is 14.2. The van der Waals surface area contributed by atoms with Gasteiger partial charge < -0.3 is 10.2 Å². The predicted molar refractivity (Wildman–Crippen MR) is 90.3 cm³/mol. The van der Waals surface area contributed by atoms with E-state index < -0.39 is 0 Å². The molecule has 1 aliphatic carbocycles. The van der Waals surface area contributed by atoms with Crippen LogP contribution < -0.4 is 10.2 Å². The van der Waals surface area contributed by atoms with Gasteiger partial charge in [-0.3, -0.25) is 0 Å². The maximum atomic E-state index is 4.57. The zero-order valence-corrected chi connectivity index (χ0v) is 13.8. The minimum absolute atomic E-state index is 0.740. The van der Waals surface area contributed by atoms with Crippen molar-refractivity contribution in [3.8, 4) is 0 Å². The lowest BCUT2D eigenvalue weighted by molar-refractivity contribution is 0.685. The van der Waals surface area contributed by atoms with Gasteiger partial charge in [-0.15, -0.1) is 0 Å². The molecular weight excluding hydrogens is 326 g/mol. The zero-order chi connectivity index (χ0) is 14.7. The second kappa shape index (κ2) is 6.58. The molecule has 21 heavy (non-hydrogen) atoms. The summed E-state index contributed by atoms with van der Waals surface area (Å²) in [5, 5.41) is 3.51. The van der Waals surface area contributed by atoms with E-state index in [1.807, 2.05) is 12.3 Å². The van der Waals surface area contributed by atoms with Crippen LogP contribution in [-0.2, 0) is 13.1 Å². The Bertz CT molecular complexity index is 593. The Kier molecular flexibility index (Phi) is 4.56. The molecule has 3 nitrogen and oxygen atoms in total. The first-order valence-electron chi connectivity index (χ1n) is 7.34. The molecule has 1 aromatic carbocycles. The molecule has 0 spiro atoms. The van der Waals surface area contributed by atoms with Crippen LogP contribution in [0, 0.1) is 0 Å². The first-order valence-corrected chi connectivity index (χ1v) is 8.14. The number of halogens is 1. The van der Waals surface area contributed by atoms with Crippen LogP contribution in [0.2, 0.25) is 0 Å². The minimum atomic E-state index is 0.740. The van der Waals surface area contributed by atoms with Crippen molar-refractivity contribution in [3.05, 3.63) is 58.2 Å². The van der Waals surface area contributed by atoms with Gasteiger partial charge in [0.15, 0.2) is 0 Å². The monoisotopic (exact) mass is 345 g/mol. The standard InChI is InChI=1S/C17H20BrN3/c1-21(12-13-3-2-4-15(18)9-13)17-8-5-14(11-20-17)10-19-16-6-7-16/h2-5,8-9,11,16,19H,6-7,10,12H2,1H3. The van der Waals surface area contributed by atoms with Crippen LogP contribution in [0.5, 0.6) is 0 Å². The molecule has 0 saturated heterocycles. The number of anilines is 1. The van der Waals surface area contributed by atoms with E-state index in [9.17, 15) is 0 Å². The maximum Gasteiger partial charge on any atom is 0.128 e. The minimum Gasteiger partial charge on any atom is -0.355 e. The van der Waals surface area contributed by atoms with Crippen LogP contribution in [0.1, 0.15) is 24.0 Å². The summed E-state index contributed by atoms with van der Waals surface area (Å²) in [6.07, 6.45) is 4.61. The van der Waals surface area contributed by atoms with E-state index in [1.54, 1.807) is 0 Å². The van der Waals surface area contributed by atoms with Crippen molar-refractivity contribution in [2.45, 2.75) is 32.0 Å². The molecule has 1 N–H and O–H groups in total. The fourth-order valence-corrected chi connectivity index (χ4v) is 2.73. The molecule has 0 atom stereocenters. The first-order chi connectivity index (χ1) is 10.2. The summed E-state index contributed by atoms with van der Waals surface area (Å²) >= 11 is 3.51. The third kappa shape index (κ3) is 4.29. The van der Waals surface area contributed by atoms with Gasteiger partial charge >= 0.3 is 0 Å². The highest BCUT2D eigenvalue weighted by Gasteiger charge is 2.19. The average molecular weight is 346 g/mol. The van der Waals surface area contributed by atoms with Crippen LogP contribution >= 0.6 is 15.9 Å². The number of aromatic nitrogens is 1. The lowest BCUT2D eigenvalue weighted by Gasteiger charge is -2.18. The van der Waals surface area contributed by atoms with Gasteiger partial charge in [0.2, 0.25) is 0 Å². The second-order valence-corrected chi connectivity index (χ2v) is 6.58. The summed E-state index contributed by atoms with van der Waals surface area (Å²) in [7, 11) is 2.07. The Labute approximate surface area is 134 Å². The quantitative estimate of drug-likeness (QED) is 0.864. The number of benzene rings is 1. The van der Waals surface area contributed by atoms with Gasteiger partial charge in [0, 0.05) is 36.8 Å². The molecule has 0 bridgehead atoms. The highest BCUT2D eigenvalue weighted by atomic mass is 79.9. The van der Waals surface area contributed by atoms with Crippen LogP contribution in [0.3, 0.4) is 0 Å². The predicted octanol–water partition coefficient (Wildman–Crippen LogP) is 3.73. The van der Waals surface area contributed by atoms with Gasteiger partial charge in [0.25, 0.3) is 0 Å². The number of hydrogen-bond acceptors (Lipinski definition) is 3. The third-order valence-corrected chi connectivity index (χ3v) is 4.17. The lowest BCUT2D eigenvalue weighted by Crippen LogP contribution is -2.18. The Hall–Kier alpha value is -1.39. The van der Waals surface area contributed by atoms with Crippen molar-refractivity contribution < 1.29 is 0 Å². The Morgan fingerprint density at radius 3 is 2.76 bits per heavy atom. The zero-order valence-electron chi connectivity index (χ0n) is 12.2. The Morgan fingerprint density at radius 2 is 2.10 bits per heavy atom. The van der Waals surface area contributed by atoms with E-state index in [0.717, 1.165) is 29.4 Å². The van der Waals surface area contributed by atoms with Crippen molar-refractivity contribution in [1.82, 2.24) is 10.3 Å². The number of hydrogen-bond donors (Lipinski definition) is 1. The molecule has 0 radical (unpaired) electrons. The van der Waals surface area contributed by atoms with E-state index >= 15 is 0 Å². The molecule has 1 aliphatic rings. The van der Waals surface area contributed by atoms with E-state index in [1.165, 1.54) is 24.0 Å².